The third-order valence-electron chi connectivity index (χ3n) is 1.74. The minimum absolute atomic E-state index is 0. The fourth-order valence-corrected chi connectivity index (χ4v) is 1.02. The average Bonchev–Trinajstić information content (AvgIpc) is 2.27. The van der Waals surface area contributed by atoms with Crippen LogP contribution < -0.4 is 9.47 Å². The molecule has 90 valence electrons. The van der Waals surface area contributed by atoms with E-state index in [1.807, 2.05) is 0 Å². The maximum atomic E-state index is 11.1. The molecule has 0 heterocycles. The molecule has 6 nitrogen and oxygen atoms in total. The molecular weight excluding hydrogens is 216 g/mol. The van der Waals surface area contributed by atoms with E-state index in [1.54, 1.807) is 6.07 Å². The molecule has 0 aliphatic rings. The third kappa shape index (κ3) is 3.68. The number of carbonyl (C=O) groups is 2. The number of hydrogen-bond acceptors (Lipinski definition) is 4. The minimum atomic E-state index is -0.595. The Labute approximate surface area is 92.4 Å². The second-order valence-corrected chi connectivity index (χ2v) is 2.58. The van der Waals surface area contributed by atoms with Crippen LogP contribution in [0.15, 0.2) is 18.2 Å². The Morgan fingerprint density at radius 3 is 1.81 bits per heavy atom. The summed E-state index contributed by atoms with van der Waals surface area (Å²) in [6.07, 6.45) is 0.258. The highest BCUT2D eigenvalue weighted by molar-refractivity contribution is 6.33. The highest BCUT2D eigenvalue weighted by Gasteiger charge is 2.08. The largest absolute Gasteiger partial charge is 0.497 e. The molecule has 0 fully saturated rings. The van der Waals surface area contributed by atoms with E-state index in [0.717, 1.165) is 0 Å². The topological polar surface area (TPSA) is 116 Å². The van der Waals surface area contributed by atoms with Crippen molar-refractivity contribution in [3.63, 3.8) is 0 Å². The van der Waals surface area contributed by atoms with E-state index in [4.69, 9.17) is 9.47 Å². The molecule has 0 bridgehead atoms. The molecule has 0 saturated carbocycles. The van der Waals surface area contributed by atoms with Crippen molar-refractivity contribution in [3.05, 3.63) is 23.8 Å². The molecule has 0 aliphatic carbocycles. The Morgan fingerprint density at radius 2 is 1.50 bits per heavy atom. The van der Waals surface area contributed by atoms with Gasteiger partial charge in [0.15, 0.2) is 6.29 Å². The van der Waals surface area contributed by atoms with Crippen LogP contribution in [-0.2, 0) is 4.79 Å². The summed E-state index contributed by atoms with van der Waals surface area (Å²) in [5.41, 5.74) is 0.260. The van der Waals surface area contributed by atoms with Crippen molar-refractivity contribution >= 4 is 12.1 Å². The summed E-state index contributed by atoms with van der Waals surface area (Å²) in [7, 11) is 2.95. The van der Waals surface area contributed by atoms with E-state index in [1.165, 1.54) is 26.4 Å². The Bertz CT molecular complexity index is 338. The fourth-order valence-electron chi connectivity index (χ4n) is 1.02. The fraction of sp³-hybridized carbons (Fsp3) is 0.200. The number of benzene rings is 1. The lowest BCUT2D eigenvalue weighted by Crippen LogP contribution is -2.01. The first-order valence-electron chi connectivity index (χ1n) is 3.94. The molecule has 16 heavy (non-hydrogen) atoms. The van der Waals surface area contributed by atoms with Crippen LogP contribution in [0.4, 0.5) is 0 Å². The van der Waals surface area contributed by atoms with Crippen LogP contribution in [0.2, 0.25) is 0 Å². The molecule has 0 aliphatic heterocycles. The molecule has 4 N–H and O–H groups in total. The molecule has 0 spiro atoms. The van der Waals surface area contributed by atoms with Crippen molar-refractivity contribution in [1.82, 2.24) is 0 Å². The van der Waals surface area contributed by atoms with Gasteiger partial charge in [0.2, 0.25) is 5.78 Å². The molecule has 0 saturated heterocycles. The number of ketones is 1. The summed E-state index contributed by atoms with van der Waals surface area (Å²) < 4.78 is 9.89. The first kappa shape index (κ1) is 16.5. The monoisotopic (exact) mass is 230 g/mol. The zero-order chi connectivity index (χ0) is 10.6. The van der Waals surface area contributed by atoms with E-state index in [-0.39, 0.29) is 22.8 Å². The van der Waals surface area contributed by atoms with Crippen LogP contribution in [0.1, 0.15) is 10.4 Å². The zero-order valence-electron chi connectivity index (χ0n) is 8.94. The number of ether oxygens (including phenoxy) is 2. The van der Waals surface area contributed by atoms with Crippen LogP contribution in [0.5, 0.6) is 11.5 Å². The van der Waals surface area contributed by atoms with Crippen LogP contribution in [0.3, 0.4) is 0 Å². The van der Waals surface area contributed by atoms with E-state index in [2.05, 4.69) is 0 Å². The molecule has 1 rings (SSSR count). The number of aldehydes is 1. The molecule has 0 unspecified atom stereocenters. The SMILES string of the molecule is COc1cc(OC)cc(C(=O)C=O)c1.O.O. The average molecular weight is 230 g/mol. The van der Waals surface area contributed by atoms with Gasteiger partial charge in [-0.3, -0.25) is 9.59 Å². The molecule has 0 radical (unpaired) electrons. The lowest BCUT2D eigenvalue weighted by molar-refractivity contribution is -0.104. The van der Waals surface area contributed by atoms with Crippen molar-refractivity contribution in [2.45, 2.75) is 0 Å². The summed E-state index contributed by atoms with van der Waals surface area (Å²) in [6, 6.07) is 4.60. The van der Waals surface area contributed by atoms with Gasteiger partial charge in [0.05, 0.1) is 14.2 Å². The Balaban J connectivity index is 0. The van der Waals surface area contributed by atoms with Crippen LogP contribution in [-0.4, -0.2) is 37.2 Å². The molecule has 1 aromatic rings. The van der Waals surface area contributed by atoms with Gasteiger partial charge < -0.3 is 20.4 Å². The summed E-state index contributed by atoms with van der Waals surface area (Å²) in [5, 5.41) is 0. The van der Waals surface area contributed by atoms with Gasteiger partial charge >= 0.3 is 0 Å². The zero-order valence-corrected chi connectivity index (χ0v) is 8.94. The molecule has 0 amide bonds. The second-order valence-electron chi connectivity index (χ2n) is 2.58. The van der Waals surface area contributed by atoms with E-state index >= 15 is 0 Å². The normalized spacial score (nSPS) is 8.12. The van der Waals surface area contributed by atoms with Gasteiger partial charge in [0, 0.05) is 11.6 Å². The lowest BCUT2D eigenvalue weighted by Gasteiger charge is -2.05. The van der Waals surface area contributed by atoms with Crippen molar-refractivity contribution in [3.8, 4) is 11.5 Å². The minimum Gasteiger partial charge on any atom is -0.497 e. The van der Waals surface area contributed by atoms with Gasteiger partial charge in [0.1, 0.15) is 11.5 Å². The Hall–Kier alpha value is -1.92. The van der Waals surface area contributed by atoms with Gasteiger partial charge in [-0.1, -0.05) is 0 Å². The van der Waals surface area contributed by atoms with Gasteiger partial charge in [-0.05, 0) is 12.1 Å². The highest BCUT2D eigenvalue weighted by atomic mass is 16.5. The van der Waals surface area contributed by atoms with Crippen molar-refractivity contribution in [2.24, 2.45) is 0 Å². The van der Waals surface area contributed by atoms with E-state index in [9.17, 15) is 9.59 Å². The third-order valence-corrected chi connectivity index (χ3v) is 1.74. The second kappa shape index (κ2) is 7.38. The molecule has 0 aromatic heterocycles. The van der Waals surface area contributed by atoms with Crippen LogP contribution in [0.25, 0.3) is 0 Å². The van der Waals surface area contributed by atoms with Gasteiger partial charge in [-0.2, -0.15) is 0 Å². The number of carbonyl (C=O) groups excluding carboxylic acids is 2. The lowest BCUT2D eigenvalue weighted by atomic mass is 10.1. The maximum Gasteiger partial charge on any atom is 0.225 e. The van der Waals surface area contributed by atoms with Crippen molar-refractivity contribution < 1.29 is 30.0 Å². The van der Waals surface area contributed by atoms with Crippen LogP contribution >= 0.6 is 0 Å². The summed E-state index contributed by atoms with van der Waals surface area (Å²) in [4.78, 5) is 21.3. The first-order chi connectivity index (χ1) is 6.71. The highest BCUT2D eigenvalue weighted by Crippen LogP contribution is 2.22. The quantitative estimate of drug-likeness (QED) is 0.391. The number of hydrogen-bond donors (Lipinski definition) is 0. The predicted octanol–water partition coefficient (Wildman–Crippen LogP) is -0.564. The summed E-state index contributed by atoms with van der Waals surface area (Å²) >= 11 is 0. The van der Waals surface area contributed by atoms with Gasteiger partial charge in [0.25, 0.3) is 0 Å². The van der Waals surface area contributed by atoms with Gasteiger partial charge in [-0.25, -0.2) is 0 Å². The molecular formula is C10H14O6. The number of rotatable bonds is 4. The molecule has 0 atom stereocenters. The number of methoxy groups -OCH3 is 2. The summed E-state index contributed by atoms with van der Waals surface area (Å²) in [5.74, 6) is 0.367. The summed E-state index contributed by atoms with van der Waals surface area (Å²) in [6.45, 7) is 0. The molecule has 6 heteroatoms. The smallest absolute Gasteiger partial charge is 0.225 e. The Morgan fingerprint density at radius 1 is 1.06 bits per heavy atom. The number of Topliss-reactive ketones (excluding diaryl/α,β-unsaturated/α-hetero) is 1. The van der Waals surface area contributed by atoms with Gasteiger partial charge in [-0.15, -0.1) is 0 Å². The van der Waals surface area contributed by atoms with E-state index < -0.39 is 5.78 Å². The van der Waals surface area contributed by atoms with E-state index in [0.29, 0.717) is 11.5 Å². The Kier molecular flexibility index (Phi) is 7.62. The standard InChI is InChI=1S/C10H10O4.2H2O/c1-13-8-3-7(10(12)6-11)4-9(5-8)14-2;;/h3-6H,1-2H3;2*1H2. The van der Waals surface area contributed by atoms with Crippen molar-refractivity contribution in [2.75, 3.05) is 14.2 Å². The van der Waals surface area contributed by atoms with Crippen LogP contribution in [0, 0.1) is 0 Å². The predicted molar refractivity (Wildman–Crippen MR) is 57.2 cm³/mol. The first-order valence-corrected chi connectivity index (χ1v) is 3.94. The van der Waals surface area contributed by atoms with Crippen molar-refractivity contribution in [1.29, 1.82) is 0 Å². The molecule has 1 aromatic carbocycles. The maximum absolute atomic E-state index is 11.1.